The van der Waals surface area contributed by atoms with Crippen LogP contribution < -0.4 is 0 Å². The number of hydrogen-bond donors (Lipinski definition) is 0. The van der Waals surface area contributed by atoms with Crippen LogP contribution in [-0.2, 0) is 0 Å². The molecule has 0 radical (unpaired) electrons. The largest absolute Gasteiger partial charge is 0.300 e. The zero-order chi connectivity index (χ0) is 12.4. The Balaban J connectivity index is 1.72. The molecule has 18 heavy (non-hydrogen) atoms. The highest BCUT2D eigenvalue weighted by Gasteiger charge is 2.46. The molecule has 3 rings (SSSR count). The predicted octanol–water partition coefficient (Wildman–Crippen LogP) is 4.61. The molecule has 1 saturated heterocycles. The zero-order valence-corrected chi connectivity index (χ0v) is 12.2. The molecule has 0 aromatic carbocycles. The van der Waals surface area contributed by atoms with Crippen molar-refractivity contribution in [2.24, 2.45) is 11.8 Å². The van der Waals surface area contributed by atoms with Crippen molar-refractivity contribution in [3.8, 4) is 0 Å². The van der Waals surface area contributed by atoms with Gasteiger partial charge >= 0.3 is 0 Å². The molecule has 2 aliphatic carbocycles. The summed E-state index contributed by atoms with van der Waals surface area (Å²) in [5, 5.41) is 0. The van der Waals surface area contributed by atoms with Crippen molar-refractivity contribution in [1.82, 2.24) is 4.90 Å². The van der Waals surface area contributed by atoms with Gasteiger partial charge in [0.2, 0.25) is 0 Å². The van der Waals surface area contributed by atoms with Gasteiger partial charge in [0.15, 0.2) is 0 Å². The minimum atomic E-state index is 0.941. The Labute approximate surface area is 113 Å². The van der Waals surface area contributed by atoms with Crippen molar-refractivity contribution in [2.45, 2.75) is 89.1 Å². The summed E-state index contributed by atoms with van der Waals surface area (Å²) in [6.07, 6.45) is 18.1. The Morgan fingerprint density at radius 1 is 0.556 bits per heavy atom. The topological polar surface area (TPSA) is 3.24 Å². The molecule has 104 valence electrons. The molecule has 0 aromatic rings. The van der Waals surface area contributed by atoms with Crippen molar-refractivity contribution in [3.05, 3.63) is 0 Å². The Morgan fingerprint density at radius 3 is 1.56 bits per heavy atom. The number of likely N-dealkylation sites (tertiary alicyclic amines) is 1. The number of rotatable bonds is 0. The van der Waals surface area contributed by atoms with E-state index in [0.29, 0.717) is 0 Å². The van der Waals surface area contributed by atoms with Gasteiger partial charge in [-0.15, -0.1) is 0 Å². The molecular weight excluding hydrogens is 218 g/mol. The molecule has 1 heteroatoms. The van der Waals surface area contributed by atoms with E-state index in [0.717, 1.165) is 23.9 Å². The summed E-state index contributed by atoms with van der Waals surface area (Å²) < 4.78 is 0. The summed E-state index contributed by atoms with van der Waals surface area (Å²) in [4.78, 5) is 2.82. The SMILES string of the molecule is CN1C2CCCCCCCCC2C2CCCCC21. The quantitative estimate of drug-likeness (QED) is 0.606. The smallest absolute Gasteiger partial charge is 0.0127 e. The van der Waals surface area contributed by atoms with Crippen LogP contribution in [-0.4, -0.2) is 24.0 Å². The lowest BCUT2D eigenvalue weighted by Gasteiger charge is -2.31. The van der Waals surface area contributed by atoms with E-state index < -0.39 is 0 Å². The summed E-state index contributed by atoms with van der Waals surface area (Å²) >= 11 is 0. The summed E-state index contributed by atoms with van der Waals surface area (Å²) in [6, 6.07) is 1.89. The number of hydrogen-bond acceptors (Lipinski definition) is 1. The first kappa shape index (κ1) is 13.0. The van der Waals surface area contributed by atoms with Crippen molar-refractivity contribution >= 4 is 0 Å². The fourth-order valence-electron chi connectivity index (χ4n) is 5.24. The van der Waals surface area contributed by atoms with E-state index in [-0.39, 0.29) is 0 Å². The summed E-state index contributed by atoms with van der Waals surface area (Å²) in [5.41, 5.74) is 0. The van der Waals surface area contributed by atoms with Gasteiger partial charge in [-0.05, 0) is 44.6 Å². The van der Waals surface area contributed by atoms with Crippen LogP contribution in [0.3, 0.4) is 0 Å². The highest BCUT2D eigenvalue weighted by Crippen LogP contribution is 2.46. The average molecular weight is 249 g/mol. The Morgan fingerprint density at radius 2 is 0.944 bits per heavy atom. The predicted molar refractivity (Wildman–Crippen MR) is 77.7 cm³/mol. The van der Waals surface area contributed by atoms with Crippen molar-refractivity contribution in [1.29, 1.82) is 0 Å². The van der Waals surface area contributed by atoms with E-state index in [1.807, 2.05) is 0 Å². The van der Waals surface area contributed by atoms with Gasteiger partial charge in [0.1, 0.15) is 0 Å². The second-order valence-electron chi connectivity index (χ2n) is 7.11. The van der Waals surface area contributed by atoms with Gasteiger partial charge in [0.25, 0.3) is 0 Å². The molecule has 4 unspecified atom stereocenters. The highest BCUT2D eigenvalue weighted by molar-refractivity contribution is 4.99. The first-order valence-electron chi connectivity index (χ1n) is 8.60. The minimum Gasteiger partial charge on any atom is -0.300 e. The van der Waals surface area contributed by atoms with Crippen LogP contribution in [0.5, 0.6) is 0 Å². The number of fused-ring (bicyclic) bond motifs is 3. The Hall–Kier alpha value is -0.0400. The van der Waals surface area contributed by atoms with Crippen LogP contribution in [0.2, 0.25) is 0 Å². The second kappa shape index (κ2) is 5.94. The Bertz CT molecular complexity index is 262. The lowest BCUT2D eigenvalue weighted by Crippen LogP contribution is -2.35. The molecule has 2 saturated carbocycles. The number of nitrogens with zero attached hydrogens (tertiary/aromatic N) is 1. The third-order valence-corrected chi connectivity index (χ3v) is 6.16. The van der Waals surface area contributed by atoms with Gasteiger partial charge < -0.3 is 0 Å². The van der Waals surface area contributed by atoms with Crippen molar-refractivity contribution < 1.29 is 0 Å². The average Bonchev–Trinajstić information content (AvgIpc) is 2.69. The van der Waals surface area contributed by atoms with E-state index >= 15 is 0 Å². The van der Waals surface area contributed by atoms with Crippen LogP contribution >= 0.6 is 0 Å². The van der Waals surface area contributed by atoms with Crippen LogP contribution in [0.15, 0.2) is 0 Å². The van der Waals surface area contributed by atoms with Crippen LogP contribution in [0.4, 0.5) is 0 Å². The Kier molecular flexibility index (Phi) is 4.28. The molecule has 0 spiro atoms. The maximum absolute atomic E-state index is 2.82. The molecular formula is C17H31N. The molecule has 0 aromatic heterocycles. The minimum absolute atomic E-state index is 0.941. The first-order chi connectivity index (χ1) is 8.88. The van der Waals surface area contributed by atoms with E-state index in [4.69, 9.17) is 0 Å². The maximum atomic E-state index is 2.82. The molecule has 3 fully saturated rings. The molecule has 0 N–H and O–H groups in total. The zero-order valence-electron chi connectivity index (χ0n) is 12.2. The molecule has 1 aliphatic heterocycles. The standard InChI is InChI=1S/C17H31N/c1-18-16-12-7-5-3-2-4-6-10-14(16)15-11-8-9-13-17(15)18/h14-17H,2-13H2,1H3. The van der Waals surface area contributed by atoms with Crippen LogP contribution in [0.25, 0.3) is 0 Å². The van der Waals surface area contributed by atoms with Gasteiger partial charge in [-0.25, -0.2) is 0 Å². The van der Waals surface area contributed by atoms with E-state index in [1.54, 1.807) is 0 Å². The van der Waals surface area contributed by atoms with E-state index in [9.17, 15) is 0 Å². The molecule has 3 aliphatic rings. The van der Waals surface area contributed by atoms with Gasteiger partial charge in [-0.3, -0.25) is 4.90 Å². The molecule has 1 heterocycles. The highest BCUT2D eigenvalue weighted by atomic mass is 15.2. The third kappa shape index (κ3) is 2.48. The fraction of sp³-hybridized carbons (Fsp3) is 1.00. The third-order valence-electron chi connectivity index (χ3n) is 6.16. The summed E-state index contributed by atoms with van der Waals surface area (Å²) in [5.74, 6) is 2.12. The monoisotopic (exact) mass is 249 g/mol. The molecule has 0 amide bonds. The van der Waals surface area contributed by atoms with Crippen LogP contribution in [0.1, 0.15) is 77.0 Å². The van der Waals surface area contributed by atoms with Gasteiger partial charge in [0, 0.05) is 12.1 Å². The lowest BCUT2D eigenvalue weighted by atomic mass is 9.75. The van der Waals surface area contributed by atoms with E-state index in [2.05, 4.69) is 11.9 Å². The second-order valence-corrected chi connectivity index (χ2v) is 7.11. The van der Waals surface area contributed by atoms with Crippen LogP contribution in [0, 0.1) is 11.8 Å². The van der Waals surface area contributed by atoms with Gasteiger partial charge in [-0.1, -0.05) is 51.4 Å². The summed E-state index contributed by atoms with van der Waals surface area (Å²) in [7, 11) is 2.44. The normalized spacial score (nSPS) is 43.2. The molecule has 1 nitrogen and oxygen atoms in total. The lowest BCUT2D eigenvalue weighted by molar-refractivity contribution is 0.180. The van der Waals surface area contributed by atoms with Crippen molar-refractivity contribution in [2.75, 3.05) is 7.05 Å². The van der Waals surface area contributed by atoms with Crippen molar-refractivity contribution in [3.63, 3.8) is 0 Å². The first-order valence-corrected chi connectivity index (χ1v) is 8.60. The molecule has 4 atom stereocenters. The summed E-state index contributed by atoms with van der Waals surface area (Å²) in [6.45, 7) is 0. The molecule has 0 bridgehead atoms. The fourth-order valence-corrected chi connectivity index (χ4v) is 5.24. The maximum Gasteiger partial charge on any atom is 0.0127 e. The van der Waals surface area contributed by atoms with E-state index in [1.165, 1.54) is 77.0 Å². The van der Waals surface area contributed by atoms with Gasteiger partial charge in [0.05, 0.1) is 0 Å². The van der Waals surface area contributed by atoms with Gasteiger partial charge in [-0.2, -0.15) is 0 Å².